The first kappa shape index (κ1) is 8.97. The molecular formula is C9H14N2O. The highest BCUT2D eigenvalue weighted by molar-refractivity contribution is 5.54. The molecule has 3 nitrogen and oxygen atoms in total. The SMILES string of the molecule is C=C(CC)c1nc(C(C)C)no1. The first-order valence-electron chi connectivity index (χ1n) is 4.17. The van der Waals surface area contributed by atoms with Gasteiger partial charge in [-0.1, -0.05) is 32.5 Å². The van der Waals surface area contributed by atoms with Crippen LogP contribution >= 0.6 is 0 Å². The fourth-order valence-corrected chi connectivity index (χ4v) is 0.764. The summed E-state index contributed by atoms with van der Waals surface area (Å²) in [5.74, 6) is 1.63. The lowest BCUT2D eigenvalue weighted by Gasteiger charge is -1.93. The molecule has 0 saturated carbocycles. The second kappa shape index (κ2) is 3.52. The van der Waals surface area contributed by atoms with Gasteiger partial charge in [0.2, 0.25) is 0 Å². The van der Waals surface area contributed by atoms with Crippen LogP contribution in [0.3, 0.4) is 0 Å². The van der Waals surface area contributed by atoms with E-state index in [0.29, 0.717) is 11.8 Å². The monoisotopic (exact) mass is 166 g/mol. The smallest absolute Gasteiger partial charge is 0.253 e. The lowest BCUT2D eigenvalue weighted by molar-refractivity contribution is 0.397. The number of aromatic nitrogens is 2. The zero-order chi connectivity index (χ0) is 9.14. The molecular weight excluding hydrogens is 152 g/mol. The second-order valence-electron chi connectivity index (χ2n) is 3.07. The van der Waals surface area contributed by atoms with E-state index in [1.807, 2.05) is 20.8 Å². The van der Waals surface area contributed by atoms with Crippen LogP contribution in [0.2, 0.25) is 0 Å². The molecule has 0 radical (unpaired) electrons. The van der Waals surface area contributed by atoms with Crippen molar-refractivity contribution in [2.45, 2.75) is 33.1 Å². The zero-order valence-electron chi connectivity index (χ0n) is 7.79. The van der Waals surface area contributed by atoms with E-state index in [1.165, 1.54) is 0 Å². The van der Waals surface area contributed by atoms with Crippen molar-refractivity contribution in [3.8, 4) is 0 Å². The van der Waals surface area contributed by atoms with Gasteiger partial charge in [-0.05, 0) is 6.42 Å². The normalized spacial score (nSPS) is 10.7. The van der Waals surface area contributed by atoms with Crippen LogP contribution in [0.1, 0.15) is 44.8 Å². The van der Waals surface area contributed by atoms with Crippen LogP contribution in [0.15, 0.2) is 11.1 Å². The molecule has 0 aliphatic heterocycles. The third-order valence-electron chi connectivity index (χ3n) is 1.69. The van der Waals surface area contributed by atoms with Crippen molar-refractivity contribution in [3.05, 3.63) is 18.3 Å². The maximum atomic E-state index is 5.02. The molecule has 1 rings (SSSR count). The Labute approximate surface area is 72.5 Å². The van der Waals surface area contributed by atoms with E-state index in [4.69, 9.17) is 4.52 Å². The van der Waals surface area contributed by atoms with E-state index in [2.05, 4.69) is 16.7 Å². The van der Waals surface area contributed by atoms with Crippen LogP contribution in [0, 0.1) is 0 Å². The Bertz CT molecular complexity index is 276. The molecule has 0 bridgehead atoms. The minimum atomic E-state index is 0.312. The molecule has 0 spiro atoms. The van der Waals surface area contributed by atoms with Crippen molar-refractivity contribution >= 4 is 5.57 Å². The Morgan fingerprint density at radius 3 is 2.67 bits per heavy atom. The summed E-state index contributed by atoms with van der Waals surface area (Å²) < 4.78 is 5.02. The molecule has 0 aromatic carbocycles. The molecule has 0 unspecified atom stereocenters. The van der Waals surface area contributed by atoms with E-state index in [1.54, 1.807) is 0 Å². The molecule has 1 aromatic heterocycles. The van der Waals surface area contributed by atoms with Gasteiger partial charge in [-0.2, -0.15) is 4.98 Å². The highest BCUT2D eigenvalue weighted by Crippen LogP contribution is 2.16. The van der Waals surface area contributed by atoms with Crippen molar-refractivity contribution in [1.82, 2.24) is 10.1 Å². The van der Waals surface area contributed by atoms with Gasteiger partial charge in [0.15, 0.2) is 5.82 Å². The Kier molecular flexibility index (Phi) is 2.63. The van der Waals surface area contributed by atoms with Crippen LogP contribution in [0.5, 0.6) is 0 Å². The highest BCUT2D eigenvalue weighted by atomic mass is 16.5. The maximum absolute atomic E-state index is 5.02. The molecule has 0 atom stereocenters. The molecule has 0 aliphatic rings. The number of rotatable bonds is 3. The summed E-state index contributed by atoms with van der Waals surface area (Å²) in [4.78, 5) is 4.20. The Hall–Kier alpha value is -1.12. The molecule has 1 heterocycles. The summed E-state index contributed by atoms with van der Waals surface area (Å²) in [5, 5.41) is 3.84. The van der Waals surface area contributed by atoms with E-state index in [9.17, 15) is 0 Å². The number of allylic oxidation sites excluding steroid dienone is 1. The lowest BCUT2D eigenvalue weighted by Crippen LogP contribution is -1.90. The van der Waals surface area contributed by atoms with Gasteiger partial charge in [0.05, 0.1) is 0 Å². The number of hydrogen-bond acceptors (Lipinski definition) is 3. The fraction of sp³-hybridized carbons (Fsp3) is 0.556. The van der Waals surface area contributed by atoms with Gasteiger partial charge in [-0.25, -0.2) is 0 Å². The average molecular weight is 166 g/mol. The van der Waals surface area contributed by atoms with Crippen LogP contribution < -0.4 is 0 Å². The Morgan fingerprint density at radius 1 is 1.58 bits per heavy atom. The van der Waals surface area contributed by atoms with Gasteiger partial charge < -0.3 is 4.52 Å². The standard InChI is InChI=1S/C9H14N2O/c1-5-7(4)9-10-8(6(2)3)11-12-9/h6H,4-5H2,1-3H3. The molecule has 0 N–H and O–H groups in total. The van der Waals surface area contributed by atoms with Crippen molar-refractivity contribution in [3.63, 3.8) is 0 Å². The Balaban J connectivity index is 2.84. The van der Waals surface area contributed by atoms with Gasteiger partial charge >= 0.3 is 0 Å². The van der Waals surface area contributed by atoms with E-state index in [-0.39, 0.29) is 0 Å². The summed E-state index contributed by atoms with van der Waals surface area (Å²) in [7, 11) is 0. The summed E-state index contributed by atoms with van der Waals surface area (Å²) in [6.07, 6.45) is 0.847. The molecule has 0 saturated heterocycles. The van der Waals surface area contributed by atoms with Crippen LogP contribution in [0.25, 0.3) is 5.57 Å². The maximum Gasteiger partial charge on any atom is 0.253 e. The van der Waals surface area contributed by atoms with Crippen molar-refractivity contribution in [1.29, 1.82) is 0 Å². The summed E-state index contributed by atoms with van der Waals surface area (Å²) in [6, 6.07) is 0. The quantitative estimate of drug-likeness (QED) is 0.692. The zero-order valence-corrected chi connectivity index (χ0v) is 7.79. The molecule has 3 heteroatoms. The van der Waals surface area contributed by atoms with Crippen molar-refractivity contribution < 1.29 is 4.52 Å². The van der Waals surface area contributed by atoms with Crippen LogP contribution in [0.4, 0.5) is 0 Å². The van der Waals surface area contributed by atoms with Gasteiger partial charge in [0, 0.05) is 11.5 Å². The number of nitrogens with zero attached hydrogens (tertiary/aromatic N) is 2. The fourth-order valence-electron chi connectivity index (χ4n) is 0.764. The summed E-state index contributed by atoms with van der Waals surface area (Å²) >= 11 is 0. The van der Waals surface area contributed by atoms with E-state index >= 15 is 0 Å². The second-order valence-corrected chi connectivity index (χ2v) is 3.07. The molecule has 66 valence electrons. The van der Waals surface area contributed by atoms with E-state index < -0.39 is 0 Å². The Morgan fingerprint density at radius 2 is 2.25 bits per heavy atom. The molecule has 1 aromatic rings. The van der Waals surface area contributed by atoms with Gasteiger partial charge in [-0.3, -0.25) is 0 Å². The van der Waals surface area contributed by atoms with E-state index in [0.717, 1.165) is 17.8 Å². The lowest BCUT2D eigenvalue weighted by atomic mass is 10.2. The molecule has 0 fully saturated rings. The van der Waals surface area contributed by atoms with Gasteiger partial charge in [-0.15, -0.1) is 0 Å². The first-order valence-corrected chi connectivity index (χ1v) is 4.17. The predicted octanol–water partition coefficient (Wildman–Crippen LogP) is 2.62. The average Bonchev–Trinajstić information content (AvgIpc) is 2.51. The highest BCUT2D eigenvalue weighted by Gasteiger charge is 2.10. The summed E-state index contributed by atoms with van der Waals surface area (Å²) in [5.41, 5.74) is 0.898. The number of hydrogen-bond donors (Lipinski definition) is 0. The minimum absolute atomic E-state index is 0.312. The third kappa shape index (κ3) is 1.72. The largest absolute Gasteiger partial charge is 0.334 e. The van der Waals surface area contributed by atoms with Crippen molar-refractivity contribution in [2.24, 2.45) is 0 Å². The predicted molar refractivity (Wildman–Crippen MR) is 47.7 cm³/mol. The summed E-state index contributed by atoms with van der Waals surface area (Å²) in [6.45, 7) is 9.90. The molecule has 12 heavy (non-hydrogen) atoms. The third-order valence-corrected chi connectivity index (χ3v) is 1.69. The minimum Gasteiger partial charge on any atom is -0.334 e. The first-order chi connectivity index (χ1) is 5.65. The van der Waals surface area contributed by atoms with Crippen LogP contribution in [-0.4, -0.2) is 10.1 Å². The van der Waals surface area contributed by atoms with Gasteiger partial charge in [0.1, 0.15) is 0 Å². The van der Waals surface area contributed by atoms with Crippen LogP contribution in [-0.2, 0) is 0 Å². The topological polar surface area (TPSA) is 38.9 Å². The van der Waals surface area contributed by atoms with Gasteiger partial charge in [0.25, 0.3) is 5.89 Å². The molecule has 0 aliphatic carbocycles. The van der Waals surface area contributed by atoms with Crippen molar-refractivity contribution in [2.75, 3.05) is 0 Å². The molecule has 0 amide bonds.